The smallest absolute Gasteiger partial charge is 0.225 e. The van der Waals surface area contributed by atoms with Crippen LogP contribution in [0.25, 0.3) is 0 Å². The molecule has 2 aliphatic heterocycles. The lowest BCUT2D eigenvalue weighted by Gasteiger charge is -2.48. The van der Waals surface area contributed by atoms with Gasteiger partial charge in [-0.25, -0.2) is 19.9 Å². The van der Waals surface area contributed by atoms with Crippen LogP contribution in [0, 0.1) is 0 Å². The molecule has 1 saturated carbocycles. The second kappa shape index (κ2) is 6.22. The van der Waals surface area contributed by atoms with Crippen LogP contribution >= 0.6 is 0 Å². The Morgan fingerprint density at radius 2 is 1.60 bits per heavy atom. The van der Waals surface area contributed by atoms with Gasteiger partial charge in [0.15, 0.2) is 0 Å². The number of piperazine rings is 1. The van der Waals surface area contributed by atoms with E-state index in [9.17, 15) is 0 Å². The maximum atomic E-state index is 4.47. The first kappa shape index (κ1) is 15.0. The fraction of sp³-hybridized carbons (Fsp3) is 0.556. The Hall–Kier alpha value is -2.28. The lowest BCUT2D eigenvalue weighted by molar-refractivity contribution is 0.156. The zero-order valence-electron chi connectivity index (χ0n) is 14.3. The molecule has 2 aromatic rings. The highest BCUT2D eigenvalue weighted by Crippen LogP contribution is 2.39. The third kappa shape index (κ3) is 3.04. The molecule has 5 rings (SSSR count). The monoisotopic (exact) mass is 337 g/mol. The number of aromatic nitrogens is 4. The molecule has 1 aliphatic carbocycles. The number of hydrogen-bond acceptors (Lipinski definition) is 7. The summed E-state index contributed by atoms with van der Waals surface area (Å²) in [7, 11) is 0. The maximum Gasteiger partial charge on any atom is 0.225 e. The molecule has 0 bridgehead atoms. The van der Waals surface area contributed by atoms with Crippen molar-refractivity contribution in [2.75, 3.05) is 49.1 Å². The minimum Gasteiger partial charge on any atom is -0.353 e. The van der Waals surface area contributed by atoms with Gasteiger partial charge in [-0.15, -0.1) is 0 Å². The topological polar surface area (TPSA) is 61.3 Å². The van der Waals surface area contributed by atoms with E-state index in [0.717, 1.165) is 51.0 Å². The molecule has 2 aromatic heterocycles. The molecule has 3 aliphatic rings. The summed E-state index contributed by atoms with van der Waals surface area (Å²) < 4.78 is 0. The molecule has 2 saturated heterocycles. The maximum absolute atomic E-state index is 4.47. The van der Waals surface area contributed by atoms with E-state index in [1.165, 1.54) is 18.5 Å². The van der Waals surface area contributed by atoms with Gasteiger partial charge in [0.25, 0.3) is 0 Å². The minimum atomic E-state index is 0.637. The van der Waals surface area contributed by atoms with Crippen molar-refractivity contribution in [3.8, 4) is 0 Å². The number of nitrogens with zero attached hydrogens (tertiary/aromatic N) is 7. The van der Waals surface area contributed by atoms with Crippen molar-refractivity contribution in [3.05, 3.63) is 36.5 Å². The van der Waals surface area contributed by atoms with Gasteiger partial charge < -0.3 is 9.80 Å². The highest BCUT2D eigenvalue weighted by molar-refractivity contribution is 5.44. The average molecular weight is 337 g/mol. The Balaban J connectivity index is 1.15. The Bertz CT molecular complexity index is 719. The molecule has 4 heterocycles. The predicted octanol–water partition coefficient (Wildman–Crippen LogP) is 1.15. The van der Waals surface area contributed by atoms with E-state index in [4.69, 9.17) is 0 Å². The second-order valence-electron chi connectivity index (χ2n) is 7.21. The lowest BCUT2D eigenvalue weighted by Crippen LogP contribution is -2.63. The molecule has 0 spiro atoms. The van der Waals surface area contributed by atoms with Crippen molar-refractivity contribution in [1.82, 2.24) is 24.8 Å². The minimum absolute atomic E-state index is 0.637. The SMILES string of the molecule is c1cnc(N2CCN(C3CN(c4cc(C5CC5)ncn4)C3)CC2)nc1. The highest BCUT2D eigenvalue weighted by Gasteiger charge is 2.35. The molecule has 25 heavy (non-hydrogen) atoms. The Kier molecular flexibility index (Phi) is 3.73. The lowest BCUT2D eigenvalue weighted by atomic mass is 10.1. The zero-order valence-corrected chi connectivity index (χ0v) is 14.3. The third-order valence-electron chi connectivity index (χ3n) is 5.52. The highest BCUT2D eigenvalue weighted by atomic mass is 15.4. The van der Waals surface area contributed by atoms with E-state index in [-0.39, 0.29) is 0 Å². The van der Waals surface area contributed by atoms with Gasteiger partial charge in [0.1, 0.15) is 12.1 Å². The van der Waals surface area contributed by atoms with Crippen LogP contribution in [-0.4, -0.2) is 70.1 Å². The summed E-state index contributed by atoms with van der Waals surface area (Å²) in [6.07, 6.45) is 7.93. The first-order valence-corrected chi connectivity index (χ1v) is 9.20. The van der Waals surface area contributed by atoms with Crippen LogP contribution in [-0.2, 0) is 0 Å². The summed E-state index contributed by atoms with van der Waals surface area (Å²) in [6.45, 7) is 6.30. The van der Waals surface area contributed by atoms with Gasteiger partial charge in [-0.3, -0.25) is 4.90 Å². The van der Waals surface area contributed by atoms with E-state index in [1.54, 1.807) is 6.33 Å². The van der Waals surface area contributed by atoms with Crippen LogP contribution < -0.4 is 9.80 Å². The van der Waals surface area contributed by atoms with Gasteiger partial charge in [0.05, 0.1) is 0 Å². The quantitative estimate of drug-likeness (QED) is 0.829. The molecule has 0 aromatic carbocycles. The predicted molar refractivity (Wildman–Crippen MR) is 95.8 cm³/mol. The van der Waals surface area contributed by atoms with Crippen LogP contribution in [0.3, 0.4) is 0 Å². The van der Waals surface area contributed by atoms with Crippen LogP contribution in [0.15, 0.2) is 30.9 Å². The van der Waals surface area contributed by atoms with Crippen molar-refractivity contribution in [1.29, 1.82) is 0 Å². The van der Waals surface area contributed by atoms with E-state index in [0.29, 0.717) is 12.0 Å². The van der Waals surface area contributed by atoms with Crippen LogP contribution in [0.5, 0.6) is 0 Å². The molecule has 0 atom stereocenters. The van der Waals surface area contributed by atoms with Gasteiger partial charge in [-0.05, 0) is 18.9 Å². The standard InChI is InChI=1S/C18H23N7/c1-4-19-18(20-5-1)24-8-6-23(7-9-24)15-11-25(12-15)17-10-16(14-2-3-14)21-13-22-17/h1,4-5,10,13-15H,2-3,6-9,11-12H2. The summed E-state index contributed by atoms with van der Waals surface area (Å²) in [5, 5.41) is 0. The summed E-state index contributed by atoms with van der Waals surface area (Å²) in [6, 6.07) is 4.70. The Morgan fingerprint density at radius 3 is 2.32 bits per heavy atom. The molecule has 130 valence electrons. The van der Waals surface area contributed by atoms with Crippen LogP contribution in [0.1, 0.15) is 24.5 Å². The second-order valence-corrected chi connectivity index (χ2v) is 7.21. The van der Waals surface area contributed by atoms with Gasteiger partial charge in [-0.1, -0.05) is 0 Å². The van der Waals surface area contributed by atoms with Crippen molar-refractivity contribution < 1.29 is 0 Å². The van der Waals surface area contributed by atoms with Crippen molar-refractivity contribution in [2.24, 2.45) is 0 Å². The molecular formula is C18H23N7. The number of hydrogen-bond donors (Lipinski definition) is 0. The first-order chi connectivity index (χ1) is 12.4. The molecule has 7 nitrogen and oxygen atoms in total. The molecule has 3 fully saturated rings. The molecule has 0 N–H and O–H groups in total. The van der Waals surface area contributed by atoms with Crippen molar-refractivity contribution >= 4 is 11.8 Å². The van der Waals surface area contributed by atoms with Crippen molar-refractivity contribution in [2.45, 2.75) is 24.8 Å². The van der Waals surface area contributed by atoms with Gasteiger partial charge in [0.2, 0.25) is 5.95 Å². The summed E-state index contributed by atoms with van der Waals surface area (Å²) >= 11 is 0. The molecule has 0 unspecified atom stereocenters. The Morgan fingerprint density at radius 1 is 0.840 bits per heavy atom. The largest absolute Gasteiger partial charge is 0.353 e. The van der Waals surface area contributed by atoms with E-state index in [2.05, 4.69) is 40.7 Å². The van der Waals surface area contributed by atoms with Crippen LogP contribution in [0.4, 0.5) is 11.8 Å². The molecule has 0 amide bonds. The number of anilines is 2. The Labute approximate surface area is 147 Å². The van der Waals surface area contributed by atoms with Crippen molar-refractivity contribution in [3.63, 3.8) is 0 Å². The summed E-state index contributed by atoms with van der Waals surface area (Å²) in [4.78, 5) is 24.9. The van der Waals surface area contributed by atoms with Gasteiger partial charge in [-0.2, -0.15) is 0 Å². The van der Waals surface area contributed by atoms with E-state index in [1.807, 2.05) is 18.5 Å². The zero-order chi connectivity index (χ0) is 16.6. The molecular weight excluding hydrogens is 314 g/mol. The van der Waals surface area contributed by atoms with Gasteiger partial charge in [0, 0.05) is 75.4 Å². The molecule has 0 radical (unpaired) electrons. The van der Waals surface area contributed by atoms with E-state index >= 15 is 0 Å². The van der Waals surface area contributed by atoms with Crippen LogP contribution in [0.2, 0.25) is 0 Å². The first-order valence-electron chi connectivity index (χ1n) is 9.20. The summed E-state index contributed by atoms with van der Waals surface area (Å²) in [5.41, 5.74) is 1.23. The molecule has 7 heteroatoms. The van der Waals surface area contributed by atoms with E-state index < -0.39 is 0 Å². The van der Waals surface area contributed by atoms with Gasteiger partial charge >= 0.3 is 0 Å². The fourth-order valence-electron chi connectivity index (χ4n) is 3.75. The number of rotatable bonds is 4. The summed E-state index contributed by atoms with van der Waals surface area (Å²) in [5.74, 6) is 2.64. The fourth-order valence-corrected chi connectivity index (χ4v) is 3.75. The average Bonchev–Trinajstić information content (AvgIpc) is 3.47. The normalized spacial score (nSPS) is 22.1. The third-order valence-corrected chi connectivity index (χ3v) is 5.52.